The molecule has 1 atom stereocenters. The molecule has 0 saturated carbocycles. The summed E-state index contributed by atoms with van der Waals surface area (Å²) in [6.07, 6.45) is 0. The van der Waals surface area contributed by atoms with E-state index in [1.807, 2.05) is 0 Å². The highest BCUT2D eigenvalue weighted by Crippen LogP contribution is 2.32. The number of benzene rings is 3. The fourth-order valence-corrected chi connectivity index (χ4v) is 4.01. The third-order valence-electron chi connectivity index (χ3n) is 5.65. The van der Waals surface area contributed by atoms with Crippen LogP contribution in [0.1, 0.15) is 30.5 Å². The molecular formula is C26H32N2. The molecule has 0 amide bonds. The van der Waals surface area contributed by atoms with E-state index in [1.165, 1.54) is 16.7 Å². The van der Waals surface area contributed by atoms with E-state index in [2.05, 4.69) is 122 Å². The number of likely N-dealkylation sites (N-methyl/N-ethyl adjacent to an activating group) is 1. The van der Waals surface area contributed by atoms with Crippen molar-refractivity contribution in [3.8, 4) is 0 Å². The fraction of sp³-hybridized carbons (Fsp3) is 0.308. The van der Waals surface area contributed by atoms with Crippen LogP contribution in [0.4, 0.5) is 0 Å². The zero-order valence-electron chi connectivity index (χ0n) is 17.3. The van der Waals surface area contributed by atoms with Crippen LogP contribution in [-0.2, 0) is 18.5 Å². The highest BCUT2D eigenvalue weighted by atomic mass is 15.2. The summed E-state index contributed by atoms with van der Waals surface area (Å²) in [5, 5.41) is 3.45. The van der Waals surface area contributed by atoms with E-state index in [1.54, 1.807) is 0 Å². The van der Waals surface area contributed by atoms with Crippen molar-refractivity contribution in [2.45, 2.75) is 38.4 Å². The molecule has 0 aromatic heterocycles. The SMILES string of the molecule is CNC[C@@H](N(Cc1ccccc1)Cc1ccccc1)C(C)(C)c1ccccc1. The first-order chi connectivity index (χ1) is 13.6. The molecule has 1 N–H and O–H groups in total. The van der Waals surface area contributed by atoms with E-state index in [9.17, 15) is 0 Å². The Morgan fingerprint density at radius 3 is 1.57 bits per heavy atom. The van der Waals surface area contributed by atoms with Gasteiger partial charge in [-0.1, -0.05) is 105 Å². The van der Waals surface area contributed by atoms with Gasteiger partial charge in [0, 0.05) is 31.1 Å². The maximum atomic E-state index is 3.45. The Morgan fingerprint density at radius 2 is 1.14 bits per heavy atom. The van der Waals surface area contributed by atoms with E-state index in [0.717, 1.165) is 19.6 Å². The second-order valence-electron chi connectivity index (χ2n) is 8.04. The summed E-state index contributed by atoms with van der Waals surface area (Å²) in [4.78, 5) is 2.62. The van der Waals surface area contributed by atoms with Crippen molar-refractivity contribution in [3.05, 3.63) is 108 Å². The molecule has 0 saturated heterocycles. The van der Waals surface area contributed by atoms with Crippen LogP contribution in [-0.4, -0.2) is 24.5 Å². The second kappa shape index (κ2) is 9.68. The number of hydrogen-bond acceptors (Lipinski definition) is 2. The quantitative estimate of drug-likeness (QED) is 0.551. The van der Waals surface area contributed by atoms with Crippen molar-refractivity contribution < 1.29 is 0 Å². The predicted molar refractivity (Wildman–Crippen MR) is 119 cm³/mol. The topological polar surface area (TPSA) is 15.3 Å². The molecule has 2 nitrogen and oxygen atoms in total. The lowest BCUT2D eigenvalue weighted by Gasteiger charge is -2.43. The summed E-state index contributed by atoms with van der Waals surface area (Å²) in [5.41, 5.74) is 4.08. The molecule has 28 heavy (non-hydrogen) atoms. The number of hydrogen-bond donors (Lipinski definition) is 1. The average molecular weight is 373 g/mol. The smallest absolute Gasteiger partial charge is 0.0319 e. The molecule has 3 rings (SSSR count). The summed E-state index contributed by atoms with van der Waals surface area (Å²) < 4.78 is 0. The summed E-state index contributed by atoms with van der Waals surface area (Å²) in [5.74, 6) is 0. The maximum absolute atomic E-state index is 3.45. The molecule has 3 aromatic rings. The molecule has 0 aliphatic carbocycles. The third-order valence-corrected chi connectivity index (χ3v) is 5.65. The average Bonchev–Trinajstić information content (AvgIpc) is 2.73. The Balaban J connectivity index is 1.96. The van der Waals surface area contributed by atoms with Crippen molar-refractivity contribution in [3.63, 3.8) is 0 Å². The molecule has 0 bridgehead atoms. The Kier molecular flexibility index (Phi) is 7.02. The summed E-state index contributed by atoms with van der Waals surface area (Å²) in [6, 6.07) is 32.8. The molecule has 0 aliphatic heterocycles. The van der Waals surface area contributed by atoms with Crippen LogP contribution in [0.15, 0.2) is 91.0 Å². The molecule has 0 heterocycles. The Labute approximate surface area is 170 Å². The minimum absolute atomic E-state index is 0.00777. The van der Waals surface area contributed by atoms with Gasteiger partial charge in [0.05, 0.1) is 0 Å². The van der Waals surface area contributed by atoms with Gasteiger partial charge in [0.1, 0.15) is 0 Å². The maximum Gasteiger partial charge on any atom is 0.0319 e. The molecule has 2 heteroatoms. The van der Waals surface area contributed by atoms with Gasteiger partial charge in [0.25, 0.3) is 0 Å². The minimum atomic E-state index is 0.00777. The highest BCUT2D eigenvalue weighted by Gasteiger charge is 2.35. The Hall–Kier alpha value is -2.42. The van der Waals surface area contributed by atoms with Crippen LogP contribution >= 0.6 is 0 Å². The zero-order chi connectivity index (χ0) is 19.8. The van der Waals surface area contributed by atoms with Crippen LogP contribution < -0.4 is 5.32 Å². The summed E-state index contributed by atoms with van der Waals surface area (Å²) in [6.45, 7) is 7.53. The van der Waals surface area contributed by atoms with Gasteiger partial charge in [-0.25, -0.2) is 0 Å². The van der Waals surface area contributed by atoms with Gasteiger partial charge in [0.15, 0.2) is 0 Å². The Morgan fingerprint density at radius 1 is 0.714 bits per heavy atom. The van der Waals surface area contributed by atoms with Gasteiger partial charge in [-0.15, -0.1) is 0 Å². The van der Waals surface area contributed by atoms with Crippen molar-refractivity contribution in [2.75, 3.05) is 13.6 Å². The van der Waals surface area contributed by atoms with Crippen LogP contribution in [0.2, 0.25) is 0 Å². The van der Waals surface area contributed by atoms with Gasteiger partial charge in [-0.3, -0.25) is 4.90 Å². The lowest BCUT2D eigenvalue weighted by Crippen LogP contribution is -2.52. The Bertz CT molecular complexity index is 771. The molecule has 3 aromatic carbocycles. The van der Waals surface area contributed by atoms with E-state index in [4.69, 9.17) is 0 Å². The molecule has 146 valence electrons. The van der Waals surface area contributed by atoms with Gasteiger partial charge < -0.3 is 5.32 Å². The number of rotatable bonds is 9. The standard InChI is InChI=1S/C26H32N2/c1-26(2,24-17-11-6-12-18-24)25(19-27-3)28(20-22-13-7-4-8-14-22)21-23-15-9-5-10-16-23/h4-18,25,27H,19-21H2,1-3H3/t25-/m1/s1. The largest absolute Gasteiger partial charge is 0.318 e. The molecule has 0 aliphatic rings. The molecule has 0 unspecified atom stereocenters. The van der Waals surface area contributed by atoms with Gasteiger partial charge >= 0.3 is 0 Å². The lowest BCUT2D eigenvalue weighted by molar-refractivity contribution is 0.116. The van der Waals surface area contributed by atoms with Gasteiger partial charge in [-0.2, -0.15) is 0 Å². The zero-order valence-corrected chi connectivity index (χ0v) is 17.3. The summed E-state index contributed by atoms with van der Waals surface area (Å²) >= 11 is 0. The predicted octanol–water partition coefficient (Wildman–Crippen LogP) is 5.25. The van der Waals surface area contributed by atoms with Crippen molar-refractivity contribution in [1.82, 2.24) is 10.2 Å². The van der Waals surface area contributed by atoms with Crippen LogP contribution in [0.3, 0.4) is 0 Å². The third kappa shape index (κ3) is 5.09. The van der Waals surface area contributed by atoms with Crippen molar-refractivity contribution >= 4 is 0 Å². The van der Waals surface area contributed by atoms with E-state index in [-0.39, 0.29) is 5.41 Å². The molecule has 0 fully saturated rings. The van der Waals surface area contributed by atoms with Crippen molar-refractivity contribution in [2.24, 2.45) is 0 Å². The van der Waals surface area contributed by atoms with E-state index < -0.39 is 0 Å². The van der Waals surface area contributed by atoms with Crippen LogP contribution in [0, 0.1) is 0 Å². The van der Waals surface area contributed by atoms with Crippen molar-refractivity contribution in [1.29, 1.82) is 0 Å². The second-order valence-corrected chi connectivity index (χ2v) is 8.04. The first-order valence-electron chi connectivity index (χ1n) is 10.1. The van der Waals surface area contributed by atoms with Crippen LogP contribution in [0.5, 0.6) is 0 Å². The molecular weight excluding hydrogens is 340 g/mol. The lowest BCUT2D eigenvalue weighted by atomic mass is 9.76. The minimum Gasteiger partial charge on any atom is -0.318 e. The monoisotopic (exact) mass is 372 g/mol. The van der Waals surface area contributed by atoms with Crippen LogP contribution in [0.25, 0.3) is 0 Å². The highest BCUT2D eigenvalue weighted by molar-refractivity contribution is 5.27. The fourth-order valence-electron chi connectivity index (χ4n) is 4.01. The summed E-state index contributed by atoms with van der Waals surface area (Å²) in [7, 11) is 2.05. The first-order valence-corrected chi connectivity index (χ1v) is 10.1. The van der Waals surface area contributed by atoms with E-state index in [0.29, 0.717) is 6.04 Å². The number of nitrogens with zero attached hydrogens (tertiary/aromatic N) is 1. The molecule has 0 spiro atoms. The van der Waals surface area contributed by atoms with Gasteiger partial charge in [0.2, 0.25) is 0 Å². The normalized spacial score (nSPS) is 12.9. The first kappa shape index (κ1) is 20.3. The van der Waals surface area contributed by atoms with E-state index >= 15 is 0 Å². The number of nitrogens with one attached hydrogen (secondary N) is 1. The van der Waals surface area contributed by atoms with Gasteiger partial charge in [-0.05, 0) is 23.7 Å². The molecule has 0 radical (unpaired) electrons.